The van der Waals surface area contributed by atoms with Crippen LogP contribution < -0.4 is 0 Å². The van der Waals surface area contributed by atoms with Gasteiger partial charge in [0, 0.05) is 38.6 Å². The third-order valence-corrected chi connectivity index (χ3v) is 4.51. The molecule has 4 nitrogen and oxygen atoms in total. The number of nitrogens with zero attached hydrogens (tertiary/aromatic N) is 2. The van der Waals surface area contributed by atoms with Crippen LogP contribution in [0.1, 0.15) is 17.9 Å². The zero-order valence-electron chi connectivity index (χ0n) is 12.0. The van der Waals surface area contributed by atoms with Crippen LogP contribution in [0, 0.1) is 11.7 Å². The summed E-state index contributed by atoms with van der Waals surface area (Å²) in [6, 6.07) is 6.49. The molecule has 0 unspecified atom stereocenters. The number of piperazine rings is 1. The number of β-amino-alcohol motifs (C(OH)–C–C–N with tert-alkyl or cyclic N) is 1. The van der Waals surface area contributed by atoms with E-state index in [1.54, 1.807) is 12.1 Å². The average molecular weight is 292 g/mol. The van der Waals surface area contributed by atoms with Gasteiger partial charge in [0.05, 0.1) is 6.61 Å². The van der Waals surface area contributed by atoms with Crippen LogP contribution in [0.3, 0.4) is 0 Å². The molecule has 114 valence electrons. The monoisotopic (exact) mass is 292 g/mol. The van der Waals surface area contributed by atoms with Crippen LogP contribution in [-0.4, -0.2) is 60.1 Å². The first-order chi connectivity index (χ1) is 10.2. The highest BCUT2D eigenvalue weighted by Gasteiger charge is 2.45. The standard InChI is InChI=1S/C16H21FN2O2/c17-13-3-1-12(2-4-13)14-11-15(14)16(21)19-7-5-18(6-8-19)9-10-20/h1-4,14-15,20H,5-11H2/t14-,15+/m0/s1. The van der Waals surface area contributed by atoms with Crippen LogP contribution in [0.25, 0.3) is 0 Å². The molecule has 1 saturated carbocycles. The Kier molecular flexibility index (Phi) is 4.22. The fraction of sp³-hybridized carbons (Fsp3) is 0.562. The maximum absolute atomic E-state index is 12.9. The van der Waals surface area contributed by atoms with E-state index in [0.29, 0.717) is 6.54 Å². The molecule has 1 saturated heterocycles. The summed E-state index contributed by atoms with van der Waals surface area (Å²) >= 11 is 0. The van der Waals surface area contributed by atoms with Gasteiger partial charge in [-0.15, -0.1) is 0 Å². The molecule has 2 aliphatic rings. The van der Waals surface area contributed by atoms with Crippen LogP contribution in [0.2, 0.25) is 0 Å². The summed E-state index contributed by atoms with van der Waals surface area (Å²) in [5, 5.41) is 8.92. The second kappa shape index (κ2) is 6.12. The molecule has 1 N–H and O–H groups in total. The summed E-state index contributed by atoms with van der Waals surface area (Å²) in [6.45, 7) is 4.00. The largest absolute Gasteiger partial charge is 0.395 e. The first-order valence-corrected chi connectivity index (χ1v) is 7.56. The predicted molar refractivity (Wildman–Crippen MR) is 77.4 cm³/mol. The molecule has 5 heteroatoms. The molecule has 0 aromatic heterocycles. The zero-order valence-corrected chi connectivity index (χ0v) is 12.0. The quantitative estimate of drug-likeness (QED) is 0.902. The molecular weight excluding hydrogens is 271 g/mol. The normalized spacial score (nSPS) is 25.9. The third kappa shape index (κ3) is 3.24. The lowest BCUT2D eigenvalue weighted by Gasteiger charge is -2.34. The van der Waals surface area contributed by atoms with Crippen molar-refractivity contribution in [2.24, 2.45) is 5.92 Å². The van der Waals surface area contributed by atoms with Gasteiger partial charge in [0.1, 0.15) is 5.82 Å². The minimum Gasteiger partial charge on any atom is -0.395 e. The second-order valence-corrected chi connectivity index (χ2v) is 5.89. The summed E-state index contributed by atoms with van der Waals surface area (Å²) in [5.41, 5.74) is 1.06. The zero-order chi connectivity index (χ0) is 14.8. The number of carbonyl (C=O) groups is 1. The summed E-state index contributed by atoms with van der Waals surface area (Å²) in [4.78, 5) is 16.6. The van der Waals surface area contributed by atoms with Gasteiger partial charge in [-0.1, -0.05) is 12.1 Å². The second-order valence-electron chi connectivity index (χ2n) is 5.89. The smallest absolute Gasteiger partial charge is 0.226 e. The molecule has 1 aliphatic carbocycles. The van der Waals surface area contributed by atoms with Crippen LogP contribution >= 0.6 is 0 Å². The Balaban J connectivity index is 1.52. The van der Waals surface area contributed by atoms with Gasteiger partial charge in [0.2, 0.25) is 5.91 Å². The first-order valence-electron chi connectivity index (χ1n) is 7.56. The number of benzene rings is 1. The van der Waals surface area contributed by atoms with Gasteiger partial charge in [-0.2, -0.15) is 0 Å². The number of halogens is 1. The first kappa shape index (κ1) is 14.5. The van der Waals surface area contributed by atoms with Crippen molar-refractivity contribution in [2.75, 3.05) is 39.3 Å². The molecule has 1 amide bonds. The number of aliphatic hydroxyl groups excluding tert-OH is 1. The van der Waals surface area contributed by atoms with Crippen LogP contribution in [-0.2, 0) is 4.79 Å². The lowest BCUT2D eigenvalue weighted by molar-refractivity contribution is -0.134. The summed E-state index contributed by atoms with van der Waals surface area (Å²) in [7, 11) is 0. The van der Waals surface area contributed by atoms with E-state index >= 15 is 0 Å². The molecule has 3 rings (SSSR count). The minimum absolute atomic E-state index is 0.0693. The number of hydrogen-bond acceptors (Lipinski definition) is 3. The van der Waals surface area contributed by atoms with E-state index in [2.05, 4.69) is 4.90 Å². The number of rotatable bonds is 4. The highest BCUT2D eigenvalue weighted by molar-refractivity contribution is 5.83. The van der Waals surface area contributed by atoms with Crippen molar-refractivity contribution in [3.05, 3.63) is 35.6 Å². The summed E-state index contributed by atoms with van der Waals surface area (Å²) in [5.74, 6) is 0.323. The Morgan fingerprint density at radius 2 is 1.86 bits per heavy atom. The van der Waals surface area contributed by atoms with Gasteiger partial charge in [0.15, 0.2) is 0 Å². The molecule has 0 bridgehead atoms. The average Bonchev–Trinajstić information content (AvgIpc) is 3.29. The van der Waals surface area contributed by atoms with E-state index in [4.69, 9.17) is 5.11 Å². The molecule has 0 radical (unpaired) electrons. The van der Waals surface area contributed by atoms with Gasteiger partial charge in [-0.25, -0.2) is 4.39 Å². The molecule has 1 aliphatic heterocycles. The predicted octanol–water partition coefficient (Wildman–Crippen LogP) is 1.07. The highest BCUT2D eigenvalue weighted by Crippen LogP contribution is 2.48. The Hall–Kier alpha value is -1.46. The molecular formula is C16H21FN2O2. The van der Waals surface area contributed by atoms with Crippen molar-refractivity contribution in [1.82, 2.24) is 9.80 Å². The molecule has 2 atom stereocenters. The van der Waals surface area contributed by atoms with Crippen molar-refractivity contribution in [3.8, 4) is 0 Å². The highest BCUT2D eigenvalue weighted by atomic mass is 19.1. The Morgan fingerprint density at radius 3 is 2.48 bits per heavy atom. The number of carbonyl (C=O) groups excluding carboxylic acids is 1. The molecule has 1 heterocycles. The fourth-order valence-electron chi connectivity index (χ4n) is 3.11. The topological polar surface area (TPSA) is 43.8 Å². The maximum Gasteiger partial charge on any atom is 0.226 e. The van der Waals surface area contributed by atoms with E-state index in [1.807, 2.05) is 4.90 Å². The van der Waals surface area contributed by atoms with Crippen molar-refractivity contribution in [1.29, 1.82) is 0 Å². The van der Waals surface area contributed by atoms with Crippen molar-refractivity contribution >= 4 is 5.91 Å². The van der Waals surface area contributed by atoms with Crippen molar-refractivity contribution in [3.63, 3.8) is 0 Å². The van der Waals surface area contributed by atoms with E-state index in [-0.39, 0.29) is 30.2 Å². The Morgan fingerprint density at radius 1 is 1.19 bits per heavy atom. The van der Waals surface area contributed by atoms with Gasteiger partial charge in [0.25, 0.3) is 0 Å². The molecule has 1 aromatic carbocycles. The lowest BCUT2D eigenvalue weighted by Crippen LogP contribution is -2.49. The summed E-state index contributed by atoms with van der Waals surface area (Å²) in [6.07, 6.45) is 0.876. The van der Waals surface area contributed by atoms with Crippen LogP contribution in [0.15, 0.2) is 24.3 Å². The van der Waals surface area contributed by atoms with Crippen molar-refractivity contribution < 1.29 is 14.3 Å². The van der Waals surface area contributed by atoms with Gasteiger partial charge in [-0.05, 0) is 30.0 Å². The third-order valence-electron chi connectivity index (χ3n) is 4.51. The fourth-order valence-corrected chi connectivity index (χ4v) is 3.11. The molecule has 21 heavy (non-hydrogen) atoms. The Labute approximate surface area is 124 Å². The number of hydrogen-bond donors (Lipinski definition) is 1. The summed E-state index contributed by atoms with van der Waals surface area (Å²) < 4.78 is 12.9. The van der Waals surface area contributed by atoms with Crippen LogP contribution in [0.5, 0.6) is 0 Å². The van der Waals surface area contributed by atoms with Gasteiger partial charge in [-0.3, -0.25) is 9.69 Å². The van der Waals surface area contributed by atoms with E-state index in [9.17, 15) is 9.18 Å². The molecule has 1 aromatic rings. The number of amides is 1. The van der Waals surface area contributed by atoms with E-state index < -0.39 is 0 Å². The minimum atomic E-state index is -0.234. The SMILES string of the molecule is O=C([C@@H]1C[C@H]1c1ccc(F)cc1)N1CCN(CCO)CC1. The molecule has 2 fully saturated rings. The number of aliphatic hydroxyl groups is 1. The van der Waals surface area contributed by atoms with Gasteiger partial charge >= 0.3 is 0 Å². The Bertz CT molecular complexity index is 498. The van der Waals surface area contributed by atoms with Crippen LogP contribution in [0.4, 0.5) is 4.39 Å². The van der Waals surface area contributed by atoms with E-state index in [0.717, 1.165) is 38.2 Å². The maximum atomic E-state index is 12.9. The molecule has 0 spiro atoms. The lowest BCUT2D eigenvalue weighted by atomic mass is 10.1. The van der Waals surface area contributed by atoms with Crippen molar-refractivity contribution in [2.45, 2.75) is 12.3 Å². The van der Waals surface area contributed by atoms with Gasteiger partial charge < -0.3 is 10.0 Å². The van der Waals surface area contributed by atoms with E-state index in [1.165, 1.54) is 12.1 Å².